The van der Waals surface area contributed by atoms with Crippen LogP contribution < -0.4 is 15.4 Å². The zero-order valence-electron chi connectivity index (χ0n) is 17.5. The van der Waals surface area contributed by atoms with E-state index in [4.69, 9.17) is 9.73 Å². The number of hydrogen-bond donors (Lipinski definition) is 2. The van der Waals surface area contributed by atoms with Gasteiger partial charge in [0.15, 0.2) is 11.8 Å². The van der Waals surface area contributed by atoms with E-state index in [1.54, 1.807) is 7.11 Å². The predicted octanol–water partition coefficient (Wildman–Crippen LogP) is 3.01. The van der Waals surface area contributed by atoms with Crippen molar-refractivity contribution in [3.63, 3.8) is 0 Å². The third-order valence-electron chi connectivity index (χ3n) is 5.31. The fourth-order valence-electron chi connectivity index (χ4n) is 3.56. The van der Waals surface area contributed by atoms with E-state index < -0.39 is 0 Å². The van der Waals surface area contributed by atoms with Crippen LogP contribution in [0.1, 0.15) is 54.9 Å². The number of guanidine groups is 1. The number of benzene rings is 1. The molecule has 7 heteroatoms. The molecule has 1 aromatic heterocycles. The van der Waals surface area contributed by atoms with Gasteiger partial charge in [-0.05, 0) is 49.9 Å². The van der Waals surface area contributed by atoms with Gasteiger partial charge in [-0.15, -0.1) is 10.2 Å². The molecule has 0 bridgehead atoms. The van der Waals surface area contributed by atoms with E-state index in [0.29, 0.717) is 19.1 Å². The van der Waals surface area contributed by atoms with Crippen LogP contribution >= 0.6 is 0 Å². The van der Waals surface area contributed by atoms with Gasteiger partial charge < -0.3 is 19.9 Å². The molecule has 3 rings (SSSR count). The molecule has 2 N–H and O–H groups in total. The second kappa shape index (κ2) is 9.57. The Bertz CT molecular complexity index is 807. The van der Waals surface area contributed by atoms with Gasteiger partial charge in [0.05, 0.1) is 20.2 Å². The first-order valence-electron chi connectivity index (χ1n) is 10.1. The van der Waals surface area contributed by atoms with Crippen molar-refractivity contribution in [2.75, 3.05) is 7.11 Å². The van der Waals surface area contributed by atoms with Crippen molar-refractivity contribution < 1.29 is 4.74 Å². The molecular weight excluding hydrogens is 352 g/mol. The van der Waals surface area contributed by atoms with Crippen LogP contribution in [0.15, 0.2) is 23.2 Å². The normalized spacial score (nSPS) is 15.5. The topological polar surface area (TPSA) is 76.4 Å². The summed E-state index contributed by atoms with van der Waals surface area (Å²) < 4.78 is 7.38. The molecule has 0 aliphatic heterocycles. The van der Waals surface area contributed by atoms with Gasteiger partial charge in [0, 0.05) is 13.1 Å². The molecule has 1 aromatic carbocycles. The van der Waals surface area contributed by atoms with Crippen LogP contribution in [-0.4, -0.2) is 33.9 Å². The lowest BCUT2D eigenvalue weighted by atomic mass is 9.96. The van der Waals surface area contributed by atoms with E-state index >= 15 is 0 Å². The average Bonchev–Trinajstić information content (AvgIpc) is 3.02. The molecule has 0 saturated heterocycles. The molecule has 7 nitrogen and oxygen atoms in total. The summed E-state index contributed by atoms with van der Waals surface area (Å²) in [6, 6.07) is 6.70. The molecule has 1 saturated carbocycles. The average molecular weight is 385 g/mol. The largest absolute Gasteiger partial charge is 0.497 e. The molecule has 152 valence electrons. The Hall–Kier alpha value is -2.57. The zero-order valence-corrected chi connectivity index (χ0v) is 17.5. The second-order valence-electron chi connectivity index (χ2n) is 7.58. The number of nitrogens with one attached hydrogen (secondary N) is 2. The smallest absolute Gasteiger partial charge is 0.192 e. The van der Waals surface area contributed by atoms with Crippen LogP contribution in [0.5, 0.6) is 5.75 Å². The first-order valence-corrected chi connectivity index (χ1v) is 10.1. The van der Waals surface area contributed by atoms with Crippen LogP contribution in [-0.2, 0) is 20.1 Å². The molecule has 2 aromatic rings. The van der Waals surface area contributed by atoms with E-state index in [1.165, 1.54) is 37.7 Å². The lowest BCUT2D eigenvalue weighted by molar-refractivity contribution is 0.409. The van der Waals surface area contributed by atoms with Crippen LogP contribution in [0.3, 0.4) is 0 Å². The van der Waals surface area contributed by atoms with Gasteiger partial charge in [-0.3, -0.25) is 0 Å². The van der Waals surface area contributed by atoms with Crippen LogP contribution in [0.25, 0.3) is 0 Å². The van der Waals surface area contributed by atoms with E-state index in [1.807, 2.05) is 30.7 Å². The summed E-state index contributed by atoms with van der Waals surface area (Å²) in [5.41, 5.74) is 2.31. The summed E-state index contributed by atoms with van der Waals surface area (Å²) in [6.07, 6.45) is 6.29. The minimum Gasteiger partial charge on any atom is -0.497 e. The van der Waals surface area contributed by atoms with Crippen molar-refractivity contribution in [3.05, 3.63) is 41.0 Å². The SMILES string of the molecule is COc1cc(C)cc(CN=C(NCc2nnc(C)n2C)NC2CCCCC2)c1. The number of aryl methyl sites for hydroxylation is 2. The Kier molecular flexibility index (Phi) is 6.90. The Morgan fingerprint density at radius 2 is 1.96 bits per heavy atom. The van der Waals surface area contributed by atoms with Crippen LogP contribution in [0.4, 0.5) is 0 Å². The molecule has 0 amide bonds. The molecule has 1 fully saturated rings. The number of aliphatic imine (C=N–C) groups is 1. The quantitative estimate of drug-likeness (QED) is 0.591. The Labute approximate surface area is 167 Å². The highest BCUT2D eigenvalue weighted by Crippen LogP contribution is 2.18. The van der Waals surface area contributed by atoms with Crippen molar-refractivity contribution in [2.45, 2.75) is 65.1 Å². The summed E-state index contributed by atoms with van der Waals surface area (Å²) >= 11 is 0. The standard InChI is InChI=1S/C21H32N6O/c1-15-10-17(12-19(11-15)28-4)13-22-21(24-18-8-6-5-7-9-18)23-14-20-26-25-16(2)27(20)3/h10-12,18H,5-9,13-14H2,1-4H3,(H2,22,23,24). The Balaban J connectivity index is 1.71. The van der Waals surface area contributed by atoms with Gasteiger partial charge >= 0.3 is 0 Å². The number of aromatic nitrogens is 3. The lowest BCUT2D eigenvalue weighted by Gasteiger charge is -2.25. The van der Waals surface area contributed by atoms with Crippen molar-refractivity contribution in [1.82, 2.24) is 25.4 Å². The lowest BCUT2D eigenvalue weighted by Crippen LogP contribution is -2.44. The molecule has 0 unspecified atom stereocenters. The highest BCUT2D eigenvalue weighted by Gasteiger charge is 2.15. The van der Waals surface area contributed by atoms with Gasteiger partial charge in [-0.1, -0.05) is 25.3 Å². The summed E-state index contributed by atoms with van der Waals surface area (Å²) in [4.78, 5) is 4.84. The minimum atomic E-state index is 0.480. The molecule has 0 atom stereocenters. The van der Waals surface area contributed by atoms with E-state index in [0.717, 1.165) is 28.9 Å². The fraction of sp³-hybridized carbons (Fsp3) is 0.571. The van der Waals surface area contributed by atoms with Gasteiger partial charge in [0.2, 0.25) is 0 Å². The number of nitrogens with zero attached hydrogens (tertiary/aromatic N) is 4. The maximum absolute atomic E-state index is 5.39. The third-order valence-corrected chi connectivity index (χ3v) is 5.31. The molecule has 0 spiro atoms. The zero-order chi connectivity index (χ0) is 19.9. The number of rotatable bonds is 6. The molecule has 1 heterocycles. The van der Waals surface area contributed by atoms with Gasteiger partial charge in [0.25, 0.3) is 0 Å². The monoisotopic (exact) mass is 384 g/mol. The Morgan fingerprint density at radius 3 is 2.64 bits per heavy atom. The number of methoxy groups -OCH3 is 1. The van der Waals surface area contributed by atoms with Gasteiger partial charge in [-0.2, -0.15) is 0 Å². The summed E-state index contributed by atoms with van der Waals surface area (Å²) in [5.74, 6) is 3.50. The first-order chi connectivity index (χ1) is 13.5. The highest BCUT2D eigenvalue weighted by atomic mass is 16.5. The molecule has 1 aliphatic rings. The first kappa shape index (κ1) is 20.2. The number of hydrogen-bond acceptors (Lipinski definition) is 4. The van der Waals surface area contributed by atoms with Crippen LogP contribution in [0.2, 0.25) is 0 Å². The van der Waals surface area contributed by atoms with E-state index in [-0.39, 0.29) is 0 Å². The maximum Gasteiger partial charge on any atom is 0.192 e. The maximum atomic E-state index is 5.39. The summed E-state index contributed by atoms with van der Waals surface area (Å²) in [6.45, 7) is 5.22. The third kappa shape index (κ3) is 5.47. The van der Waals surface area contributed by atoms with Crippen LogP contribution in [0, 0.1) is 13.8 Å². The predicted molar refractivity (Wildman–Crippen MR) is 111 cm³/mol. The number of ether oxygens (including phenoxy) is 1. The second-order valence-corrected chi connectivity index (χ2v) is 7.58. The van der Waals surface area contributed by atoms with Crippen molar-refractivity contribution >= 4 is 5.96 Å². The summed E-state index contributed by atoms with van der Waals surface area (Å²) in [5, 5.41) is 15.4. The van der Waals surface area contributed by atoms with Crippen molar-refractivity contribution in [1.29, 1.82) is 0 Å². The minimum absolute atomic E-state index is 0.480. The molecule has 1 aliphatic carbocycles. The van der Waals surface area contributed by atoms with Crippen molar-refractivity contribution in [3.8, 4) is 5.75 Å². The van der Waals surface area contributed by atoms with E-state index in [9.17, 15) is 0 Å². The molecule has 0 radical (unpaired) electrons. The fourth-order valence-corrected chi connectivity index (χ4v) is 3.56. The Morgan fingerprint density at radius 1 is 1.18 bits per heavy atom. The highest BCUT2D eigenvalue weighted by molar-refractivity contribution is 5.80. The molecular formula is C21H32N6O. The van der Waals surface area contributed by atoms with Gasteiger partial charge in [0.1, 0.15) is 11.6 Å². The van der Waals surface area contributed by atoms with Crippen molar-refractivity contribution in [2.24, 2.45) is 12.0 Å². The van der Waals surface area contributed by atoms with E-state index in [2.05, 4.69) is 33.8 Å². The summed E-state index contributed by atoms with van der Waals surface area (Å²) in [7, 11) is 3.68. The molecule has 28 heavy (non-hydrogen) atoms. The van der Waals surface area contributed by atoms with Gasteiger partial charge in [-0.25, -0.2) is 4.99 Å².